The Labute approximate surface area is 92.1 Å². The van der Waals surface area contributed by atoms with E-state index in [2.05, 4.69) is 6.92 Å². The van der Waals surface area contributed by atoms with Gasteiger partial charge in [0.05, 0.1) is 0 Å². The first-order chi connectivity index (χ1) is 7.12. The fourth-order valence-electron chi connectivity index (χ4n) is 1.46. The van der Waals surface area contributed by atoms with E-state index in [1.807, 2.05) is 31.2 Å². The van der Waals surface area contributed by atoms with Crippen molar-refractivity contribution < 1.29 is 9.09 Å². The van der Waals surface area contributed by atoms with Crippen molar-refractivity contribution in [1.29, 1.82) is 0 Å². The monoisotopic (exact) mass is 226 g/mol. The molecule has 1 rings (SSSR count). The Hall–Kier alpha value is -0.590. The van der Waals surface area contributed by atoms with E-state index in [0.717, 1.165) is 18.1 Å². The van der Waals surface area contributed by atoms with Crippen molar-refractivity contribution in [3.63, 3.8) is 0 Å². The number of aryl methyl sites for hydroxylation is 1. The lowest BCUT2D eigenvalue weighted by Gasteiger charge is -2.16. The maximum Gasteiger partial charge on any atom is 0.231 e. The molecule has 0 aliphatic heterocycles. The van der Waals surface area contributed by atoms with Gasteiger partial charge in [-0.2, -0.15) is 0 Å². The van der Waals surface area contributed by atoms with Gasteiger partial charge in [-0.05, 0) is 25.5 Å². The molecule has 1 unspecified atom stereocenters. The van der Waals surface area contributed by atoms with Crippen LogP contribution in [0.4, 0.5) is 0 Å². The fraction of sp³-hybridized carbons (Fsp3) is 0.500. The molecular formula is C12H19O2P. The van der Waals surface area contributed by atoms with Crippen LogP contribution < -0.4 is 5.30 Å². The molecule has 0 aliphatic rings. The Balaban J connectivity index is 2.90. The molecule has 1 aromatic carbocycles. The second-order valence-corrected chi connectivity index (χ2v) is 6.44. The molecule has 0 amide bonds. The second-order valence-electron chi connectivity index (χ2n) is 3.77. The Kier molecular flexibility index (Phi) is 4.56. The van der Waals surface area contributed by atoms with Crippen LogP contribution in [0.3, 0.4) is 0 Å². The third-order valence-corrected chi connectivity index (χ3v) is 5.11. The number of rotatable bonds is 5. The van der Waals surface area contributed by atoms with Gasteiger partial charge in [-0.1, -0.05) is 31.0 Å². The lowest BCUT2D eigenvalue weighted by molar-refractivity contribution is 0.401. The van der Waals surface area contributed by atoms with Crippen molar-refractivity contribution >= 4 is 12.7 Å². The first kappa shape index (κ1) is 12.5. The molecule has 0 aliphatic carbocycles. The highest BCUT2D eigenvalue weighted by Crippen LogP contribution is 2.45. The standard InChI is InChI=1S/C12H19O2P/c1-4-5-10-15(13,14-3)12-8-6-11(2)7-9-12/h6-9H,4-5,10H2,1-3H3. The summed E-state index contributed by atoms with van der Waals surface area (Å²) >= 11 is 0. The van der Waals surface area contributed by atoms with Gasteiger partial charge < -0.3 is 4.52 Å². The number of unbranched alkanes of at least 4 members (excludes halogenated alkanes) is 1. The molecule has 0 saturated heterocycles. The number of benzene rings is 1. The van der Waals surface area contributed by atoms with Crippen LogP contribution in [0.15, 0.2) is 24.3 Å². The maximum atomic E-state index is 12.4. The van der Waals surface area contributed by atoms with E-state index in [0.29, 0.717) is 6.16 Å². The van der Waals surface area contributed by atoms with Gasteiger partial charge in [0.2, 0.25) is 7.37 Å². The summed E-state index contributed by atoms with van der Waals surface area (Å²) in [6.45, 7) is 4.11. The molecule has 0 N–H and O–H groups in total. The van der Waals surface area contributed by atoms with Crippen LogP contribution in [0.1, 0.15) is 25.3 Å². The molecule has 1 atom stereocenters. The summed E-state index contributed by atoms with van der Waals surface area (Å²) < 4.78 is 17.7. The van der Waals surface area contributed by atoms with Gasteiger partial charge >= 0.3 is 0 Å². The van der Waals surface area contributed by atoms with Gasteiger partial charge in [-0.25, -0.2) is 0 Å². The zero-order valence-electron chi connectivity index (χ0n) is 9.69. The topological polar surface area (TPSA) is 26.3 Å². The Morgan fingerprint density at radius 3 is 2.33 bits per heavy atom. The van der Waals surface area contributed by atoms with Crippen LogP contribution in [0.5, 0.6) is 0 Å². The highest BCUT2D eigenvalue weighted by molar-refractivity contribution is 7.66. The minimum Gasteiger partial charge on any atom is -0.329 e. The highest BCUT2D eigenvalue weighted by atomic mass is 31.2. The van der Waals surface area contributed by atoms with Gasteiger partial charge in [-0.3, -0.25) is 4.57 Å². The van der Waals surface area contributed by atoms with E-state index < -0.39 is 7.37 Å². The van der Waals surface area contributed by atoms with Gasteiger partial charge in [0.15, 0.2) is 0 Å². The zero-order valence-corrected chi connectivity index (χ0v) is 10.6. The molecule has 3 heteroatoms. The summed E-state index contributed by atoms with van der Waals surface area (Å²) in [6, 6.07) is 7.78. The minimum atomic E-state index is -2.59. The quantitative estimate of drug-likeness (QED) is 0.720. The summed E-state index contributed by atoms with van der Waals surface area (Å²) in [6.07, 6.45) is 2.63. The van der Waals surface area contributed by atoms with E-state index in [4.69, 9.17) is 4.52 Å². The largest absolute Gasteiger partial charge is 0.329 e. The Morgan fingerprint density at radius 1 is 1.27 bits per heavy atom. The summed E-state index contributed by atoms with van der Waals surface area (Å²) in [4.78, 5) is 0. The van der Waals surface area contributed by atoms with E-state index in [1.165, 1.54) is 12.7 Å². The van der Waals surface area contributed by atoms with Crippen LogP contribution in [-0.2, 0) is 9.09 Å². The van der Waals surface area contributed by atoms with Crippen LogP contribution in [0.25, 0.3) is 0 Å². The number of hydrogen-bond donors (Lipinski definition) is 0. The summed E-state index contributed by atoms with van der Waals surface area (Å²) in [5, 5.41) is 0.837. The second kappa shape index (κ2) is 5.48. The van der Waals surface area contributed by atoms with Crippen molar-refractivity contribution in [3.05, 3.63) is 29.8 Å². The van der Waals surface area contributed by atoms with Crippen LogP contribution in [-0.4, -0.2) is 13.3 Å². The van der Waals surface area contributed by atoms with E-state index in [9.17, 15) is 4.57 Å². The van der Waals surface area contributed by atoms with Gasteiger partial charge in [0.25, 0.3) is 0 Å². The molecule has 2 nitrogen and oxygen atoms in total. The third-order valence-electron chi connectivity index (χ3n) is 2.53. The molecule has 0 radical (unpaired) electrons. The van der Waals surface area contributed by atoms with Crippen molar-refractivity contribution in [2.75, 3.05) is 13.3 Å². The SMILES string of the molecule is CCCCP(=O)(OC)c1ccc(C)cc1. The van der Waals surface area contributed by atoms with Crippen LogP contribution in [0, 0.1) is 6.92 Å². The summed E-state index contributed by atoms with van der Waals surface area (Å²) in [5.41, 5.74) is 1.18. The normalized spacial score (nSPS) is 14.9. The molecular weight excluding hydrogens is 207 g/mol. The van der Waals surface area contributed by atoms with Gasteiger partial charge in [0, 0.05) is 18.6 Å². The van der Waals surface area contributed by atoms with Crippen molar-refractivity contribution in [1.82, 2.24) is 0 Å². The van der Waals surface area contributed by atoms with Gasteiger partial charge in [0.1, 0.15) is 0 Å². The molecule has 0 fully saturated rings. The predicted molar refractivity (Wildman–Crippen MR) is 65.2 cm³/mol. The first-order valence-electron chi connectivity index (χ1n) is 5.34. The van der Waals surface area contributed by atoms with Crippen molar-refractivity contribution in [2.45, 2.75) is 26.7 Å². The lowest BCUT2D eigenvalue weighted by atomic mass is 10.2. The zero-order chi connectivity index (χ0) is 11.3. The molecule has 84 valence electrons. The predicted octanol–water partition coefficient (Wildman–Crippen LogP) is 3.34. The van der Waals surface area contributed by atoms with Crippen molar-refractivity contribution in [2.24, 2.45) is 0 Å². The smallest absolute Gasteiger partial charge is 0.231 e. The fourth-order valence-corrected chi connectivity index (χ4v) is 3.45. The molecule has 0 aromatic heterocycles. The average Bonchev–Trinajstić information content (AvgIpc) is 2.27. The molecule has 0 spiro atoms. The van der Waals surface area contributed by atoms with E-state index in [-0.39, 0.29) is 0 Å². The molecule has 0 saturated carbocycles. The summed E-state index contributed by atoms with van der Waals surface area (Å²) in [7, 11) is -1.05. The lowest BCUT2D eigenvalue weighted by Crippen LogP contribution is -2.09. The van der Waals surface area contributed by atoms with E-state index >= 15 is 0 Å². The minimum absolute atomic E-state index is 0.642. The number of hydrogen-bond acceptors (Lipinski definition) is 2. The Bertz CT molecular complexity index is 343. The molecule has 0 bridgehead atoms. The highest BCUT2D eigenvalue weighted by Gasteiger charge is 2.23. The maximum absolute atomic E-state index is 12.4. The first-order valence-corrected chi connectivity index (χ1v) is 7.15. The molecule has 1 aromatic rings. The Morgan fingerprint density at radius 2 is 1.87 bits per heavy atom. The van der Waals surface area contributed by atoms with E-state index in [1.54, 1.807) is 0 Å². The molecule has 15 heavy (non-hydrogen) atoms. The molecule has 0 heterocycles. The summed E-state index contributed by atoms with van der Waals surface area (Å²) in [5.74, 6) is 0. The van der Waals surface area contributed by atoms with Crippen LogP contribution in [0.2, 0.25) is 0 Å². The van der Waals surface area contributed by atoms with Crippen LogP contribution >= 0.6 is 7.37 Å². The third kappa shape index (κ3) is 3.19. The van der Waals surface area contributed by atoms with Crippen molar-refractivity contribution in [3.8, 4) is 0 Å². The van der Waals surface area contributed by atoms with Gasteiger partial charge in [-0.15, -0.1) is 0 Å². The average molecular weight is 226 g/mol.